The highest BCUT2D eigenvalue weighted by Gasteiger charge is 2.13. The van der Waals surface area contributed by atoms with Gasteiger partial charge in [0.1, 0.15) is 11.5 Å². The minimum atomic E-state index is 0.264. The van der Waals surface area contributed by atoms with Crippen LogP contribution >= 0.6 is 0 Å². The highest BCUT2D eigenvalue weighted by Crippen LogP contribution is 2.33. The number of phenols is 2. The van der Waals surface area contributed by atoms with Crippen molar-refractivity contribution in [3.63, 3.8) is 0 Å². The molecule has 3 aromatic carbocycles. The molecule has 0 amide bonds. The number of nitrogens with zero attached hydrogens (tertiary/aromatic N) is 2. The molecular weight excluding hydrogens is 588 g/mol. The lowest BCUT2D eigenvalue weighted by Crippen LogP contribution is -2.03. The van der Waals surface area contributed by atoms with E-state index < -0.39 is 0 Å². The zero-order chi connectivity index (χ0) is 34.1. The minimum absolute atomic E-state index is 0.264. The summed E-state index contributed by atoms with van der Waals surface area (Å²) in [6.45, 7) is 4.54. The molecule has 0 spiro atoms. The van der Waals surface area contributed by atoms with Crippen molar-refractivity contribution in [3.05, 3.63) is 83.9 Å². The average Bonchev–Trinajstić information content (AvgIpc) is 3.10. The largest absolute Gasteiger partial charge is 0.507 e. The van der Waals surface area contributed by atoms with E-state index in [1.54, 1.807) is 12.1 Å². The molecule has 0 atom stereocenters. The minimum Gasteiger partial charge on any atom is -0.507 e. The first-order valence-electron chi connectivity index (χ1n) is 19.4. The van der Waals surface area contributed by atoms with Gasteiger partial charge in [0.2, 0.25) is 0 Å². The van der Waals surface area contributed by atoms with Gasteiger partial charge >= 0.3 is 0 Å². The fraction of sp³-hybridized carbons (Fsp3) is 0.545. The Bertz CT molecular complexity index is 1240. The van der Waals surface area contributed by atoms with Crippen molar-refractivity contribution in [2.75, 3.05) is 0 Å². The predicted molar refractivity (Wildman–Crippen MR) is 208 cm³/mol. The fourth-order valence-electron chi connectivity index (χ4n) is 6.44. The van der Waals surface area contributed by atoms with E-state index in [1.165, 1.54) is 103 Å². The molecule has 0 radical (unpaired) electrons. The van der Waals surface area contributed by atoms with Gasteiger partial charge < -0.3 is 10.2 Å². The SMILES string of the molecule is CCCCCCCCCCCCC(=Nc1ccccc1N=C(CCCCCCCCCCCC)c1ccccc1O)c1ccccc1O. The molecule has 262 valence electrons. The zero-order valence-corrected chi connectivity index (χ0v) is 30.3. The van der Waals surface area contributed by atoms with E-state index in [-0.39, 0.29) is 11.5 Å². The van der Waals surface area contributed by atoms with Crippen molar-refractivity contribution >= 4 is 22.8 Å². The molecule has 0 bridgehead atoms. The van der Waals surface area contributed by atoms with Gasteiger partial charge in [-0.1, -0.05) is 166 Å². The van der Waals surface area contributed by atoms with Gasteiger partial charge in [0, 0.05) is 11.1 Å². The van der Waals surface area contributed by atoms with Crippen LogP contribution in [0.3, 0.4) is 0 Å². The second-order valence-corrected chi connectivity index (χ2v) is 13.5. The van der Waals surface area contributed by atoms with Gasteiger partial charge in [-0.15, -0.1) is 0 Å². The maximum absolute atomic E-state index is 10.8. The quantitative estimate of drug-likeness (QED) is 0.0669. The Balaban J connectivity index is 1.72. The third-order valence-electron chi connectivity index (χ3n) is 9.36. The van der Waals surface area contributed by atoms with Crippen LogP contribution in [-0.2, 0) is 0 Å². The van der Waals surface area contributed by atoms with E-state index in [0.29, 0.717) is 0 Å². The van der Waals surface area contributed by atoms with Crippen LogP contribution in [0.25, 0.3) is 0 Å². The summed E-state index contributed by atoms with van der Waals surface area (Å²) in [5.74, 6) is 0.528. The molecule has 3 aromatic rings. The lowest BCUT2D eigenvalue weighted by Gasteiger charge is -2.12. The Hall–Kier alpha value is -3.40. The van der Waals surface area contributed by atoms with E-state index in [2.05, 4.69) is 13.8 Å². The molecule has 4 nitrogen and oxygen atoms in total. The Morgan fingerprint density at radius 2 is 0.688 bits per heavy atom. The zero-order valence-electron chi connectivity index (χ0n) is 30.3. The van der Waals surface area contributed by atoms with Gasteiger partial charge in [0.15, 0.2) is 0 Å². The summed E-state index contributed by atoms with van der Waals surface area (Å²) >= 11 is 0. The number of aromatic hydroxyl groups is 2. The summed E-state index contributed by atoms with van der Waals surface area (Å²) in [6.07, 6.45) is 27.2. The van der Waals surface area contributed by atoms with E-state index in [4.69, 9.17) is 9.98 Å². The van der Waals surface area contributed by atoms with Crippen LogP contribution in [0.4, 0.5) is 11.4 Å². The van der Waals surface area contributed by atoms with Gasteiger partial charge in [-0.2, -0.15) is 0 Å². The summed E-state index contributed by atoms with van der Waals surface area (Å²) in [5.41, 5.74) is 4.96. The standard InChI is InChI=1S/C44H64N2O2/c1-3-5-7-9-11-13-15-17-19-21-31-39(37-29-23-27-35-43(37)47)45-41-33-25-26-34-42(41)46-40(38-30-24-28-36-44(38)48)32-22-20-18-16-14-12-10-8-6-4-2/h23-30,33-36,47-48H,3-22,31-32H2,1-2H3. The summed E-state index contributed by atoms with van der Waals surface area (Å²) in [5, 5.41) is 21.6. The first-order valence-corrected chi connectivity index (χ1v) is 19.4. The van der Waals surface area contributed by atoms with Gasteiger partial charge in [0.05, 0.1) is 22.8 Å². The Morgan fingerprint density at radius 3 is 1.02 bits per heavy atom. The van der Waals surface area contributed by atoms with Crippen LogP contribution in [0.15, 0.2) is 82.8 Å². The number of para-hydroxylation sites is 4. The maximum atomic E-state index is 10.8. The molecule has 2 N–H and O–H groups in total. The third-order valence-corrected chi connectivity index (χ3v) is 9.36. The molecule has 0 saturated carbocycles. The topological polar surface area (TPSA) is 65.2 Å². The first kappa shape index (κ1) is 39.0. The van der Waals surface area contributed by atoms with Gasteiger partial charge in [0.25, 0.3) is 0 Å². The number of phenolic OH excluding ortho intramolecular Hbond substituents is 2. The van der Waals surface area contributed by atoms with E-state index in [9.17, 15) is 10.2 Å². The molecule has 0 aliphatic rings. The van der Waals surface area contributed by atoms with Crippen molar-refractivity contribution in [2.45, 2.75) is 155 Å². The molecule has 0 aliphatic heterocycles. The Morgan fingerprint density at radius 1 is 0.396 bits per heavy atom. The molecule has 4 heteroatoms. The first-order chi connectivity index (χ1) is 23.6. The van der Waals surface area contributed by atoms with E-state index >= 15 is 0 Å². The molecule has 0 aliphatic carbocycles. The smallest absolute Gasteiger partial charge is 0.124 e. The summed E-state index contributed by atoms with van der Waals surface area (Å²) in [4.78, 5) is 10.4. The summed E-state index contributed by atoms with van der Waals surface area (Å²) in [7, 11) is 0. The van der Waals surface area contributed by atoms with Crippen molar-refractivity contribution in [1.29, 1.82) is 0 Å². The van der Waals surface area contributed by atoms with E-state index in [1.807, 2.05) is 60.7 Å². The van der Waals surface area contributed by atoms with Crippen LogP contribution in [0.2, 0.25) is 0 Å². The number of aliphatic imine (C=N–C) groups is 2. The molecule has 0 unspecified atom stereocenters. The lowest BCUT2D eigenvalue weighted by atomic mass is 10.0. The van der Waals surface area contributed by atoms with Gasteiger partial charge in [-0.3, -0.25) is 9.98 Å². The maximum Gasteiger partial charge on any atom is 0.124 e. The van der Waals surface area contributed by atoms with Crippen LogP contribution in [0.5, 0.6) is 11.5 Å². The van der Waals surface area contributed by atoms with Crippen molar-refractivity contribution in [3.8, 4) is 11.5 Å². The Labute approximate surface area is 292 Å². The van der Waals surface area contributed by atoms with Crippen molar-refractivity contribution < 1.29 is 10.2 Å². The van der Waals surface area contributed by atoms with Crippen molar-refractivity contribution in [1.82, 2.24) is 0 Å². The fourth-order valence-corrected chi connectivity index (χ4v) is 6.44. The van der Waals surface area contributed by atoms with Crippen LogP contribution in [-0.4, -0.2) is 21.6 Å². The molecular formula is C44H64N2O2. The van der Waals surface area contributed by atoms with Crippen LogP contribution in [0.1, 0.15) is 166 Å². The number of unbranched alkanes of at least 4 members (excludes halogenated alkanes) is 18. The molecule has 0 aromatic heterocycles. The lowest BCUT2D eigenvalue weighted by molar-refractivity contribution is 0.473. The van der Waals surface area contributed by atoms with Crippen LogP contribution in [0, 0.1) is 0 Å². The number of rotatable bonds is 26. The summed E-state index contributed by atoms with van der Waals surface area (Å²) in [6, 6.07) is 23.1. The predicted octanol–water partition coefficient (Wildman–Crippen LogP) is 14.0. The highest BCUT2D eigenvalue weighted by atomic mass is 16.3. The number of benzene rings is 3. The number of hydrogen-bond acceptors (Lipinski definition) is 4. The van der Waals surface area contributed by atoms with E-state index in [0.717, 1.165) is 72.4 Å². The summed E-state index contributed by atoms with van der Waals surface area (Å²) < 4.78 is 0. The average molecular weight is 653 g/mol. The molecule has 0 heterocycles. The molecule has 0 fully saturated rings. The second-order valence-electron chi connectivity index (χ2n) is 13.5. The third kappa shape index (κ3) is 15.2. The molecule has 48 heavy (non-hydrogen) atoms. The second kappa shape index (κ2) is 24.7. The Kier molecular flexibility index (Phi) is 20.1. The highest BCUT2D eigenvalue weighted by molar-refractivity contribution is 6.06. The monoisotopic (exact) mass is 652 g/mol. The molecule has 3 rings (SSSR count). The van der Waals surface area contributed by atoms with Gasteiger partial charge in [-0.25, -0.2) is 0 Å². The van der Waals surface area contributed by atoms with Crippen LogP contribution < -0.4 is 0 Å². The normalized spacial score (nSPS) is 12.1. The number of hydrogen-bond donors (Lipinski definition) is 2. The molecule has 0 saturated heterocycles. The van der Waals surface area contributed by atoms with Crippen molar-refractivity contribution in [2.24, 2.45) is 9.98 Å². The van der Waals surface area contributed by atoms with Gasteiger partial charge in [-0.05, 0) is 62.1 Å².